The topological polar surface area (TPSA) is 32.7 Å². The van der Waals surface area contributed by atoms with E-state index in [1.165, 1.54) is 17.1 Å². The van der Waals surface area contributed by atoms with E-state index in [4.69, 9.17) is 0 Å². The molecule has 0 spiro atoms. The number of carbonyl (C=O) groups is 1. The van der Waals surface area contributed by atoms with Crippen LogP contribution in [0.5, 0.6) is 0 Å². The molecule has 1 aliphatic heterocycles. The van der Waals surface area contributed by atoms with E-state index in [0.717, 1.165) is 6.07 Å². The number of benzene rings is 1. The van der Waals surface area contributed by atoms with Gasteiger partial charge in [0.2, 0.25) is 5.91 Å². The van der Waals surface area contributed by atoms with Crippen LogP contribution >= 0.6 is 0 Å². The van der Waals surface area contributed by atoms with Crippen molar-refractivity contribution in [1.29, 1.82) is 0 Å². The third-order valence-electron chi connectivity index (χ3n) is 2.95. The first-order valence-electron chi connectivity index (χ1n) is 6.11. The molecule has 0 radical (unpaired) electrons. The van der Waals surface area contributed by atoms with E-state index in [2.05, 4.69) is 5.10 Å². The molecule has 1 aliphatic rings. The van der Waals surface area contributed by atoms with Crippen LogP contribution < -0.4 is 0 Å². The molecule has 0 N–H and O–H groups in total. The van der Waals surface area contributed by atoms with E-state index in [9.17, 15) is 13.6 Å². The molecule has 1 atom stereocenters. The van der Waals surface area contributed by atoms with Gasteiger partial charge in [0.15, 0.2) is 0 Å². The van der Waals surface area contributed by atoms with Crippen LogP contribution in [0.1, 0.15) is 38.8 Å². The Morgan fingerprint density at radius 2 is 1.84 bits per heavy atom. The monoisotopic (exact) mass is 266 g/mol. The molecule has 1 unspecified atom stereocenters. The molecule has 0 fully saturated rings. The van der Waals surface area contributed by atoms with E-state index in [-0.39, 0.29) is 5.91 Å². The largest absolute Gasteiger partial charge is 0.272 e. The molecule has 1 amide bonds. The highest BCUT2D eigenvalue weighted by atomic mass is 19.1. The number of hydrazone groups is 1. The van der Waals surface area contributed by atoms with Crippen LogP contribution in [0.15, 0.2) is 23.3 Å². The highest BCUT2D eigenvalue weighted by molar-refractivity contribution is 5.84. The first-order valence-corrected chi connectivity index (χ1v) is 6.11. The number of rotatable bonds is 1. The second-order valence-electron chi connectivity index (χ2n) is 5.65. The Labute approximate surface area is 110 Å². The van der Waals surface area contributed by atoms with Crippen LogP contribution in [0, 0.1) is 17.0 Å². The van der Waals surface area contributed by atoms with Gasteiger partial charge in [0.1, 0.15) is 11.6 Å². The smallest absolute Gasteiger partial charge is 0.248 e. The summed E-state index contributed by atoms with van der Waals surface area (Å²) in [4.78, 5) is 12.2. The molecule has 3 nitrogen and oxygen atoms in total. The van der Waals surface area contributed by atoms with Gasteiger partial charge in [-0.1, -0.05) is 20.8 Å². The summed E-state index contributed by atoms with van der Waals surface area (Å²) in [6, 6.07) is 2.86. The summed E-state index contributed by atoms with van der Waals surface area (Å²) >= 11 is 0. The number of halogens is 2. The van der Waals surface area contributed by atoms with E-state index in [0.29, 0.717) is 12.0 Å². The van der Waals surface area contributed by atoms with Gasteiger partial charge < -0.3 is 0 Å². The Bertz CT molecular complexity index is 514. The van der Waals surface area contributed by atoms with E-state index >= 15 is 0 Å². The van der Waals surface area contributed by atoms with Gasteiger partial charge in [0.05, 0.1) is 6.04 Å². The fraction of sp³-hybridized carbons (Fsp3) is 0.429. The Morgan fingerprint density at radius 3 is 2.37 bits per heavy atom. The summed E-state index contributed by atoms with van der Waals surface area (Å²) in [6.07, 6.45) is 2.06. The van der Waals surface area contributed by atoms with Crippen LogP contribution in [-0.2, 0) is 4.79 Å². The maximum Gasteiger partial charge on any atom is 0.248 e. The lowest BCUT2D eigenvalue weighted by atomic mass is 9.93. The highest BCUT2D eigenvalue weighted by Crippen LogP contribution is 2.32. The van der Waals surface area contributed by atoms with Crippen molar-refractivity contribution in [3.8, 4) is 0 Å². The minimum atomic E-state index is -0.648. The molecule has 0 bridgehead atoms. The lowest BCUT2D eigenvalue weighted by Gasteiger charge is -2.28. The third-order valence-corrected chi connectivity index (χ3v) is 2.95. The van der Waals surface area contributed by atoms with Crippen LogP contribution in [0.2, 0.25) is 0 Å². The second-order valence-corrected chi connectivity index (χ2v) is 5.65. The summed E-state index contributed by atoms with van der Waals surface area (Å²) < 4.78 is 26.5. The zero-order valence-electron chi connectivity index (χ0n) is 11.2. The van der Waals surface area contributed by atoms with Gasteiger partial charge in [-0.05, 0) is 17.7 Å². The summed E-state index contributed by atoms with van der Waals surface area (Å²) in [5.74, 6) is -1.47. The standard InChI is InChI=1S/C14H16F2N2O/c1-14(2,3)13(19)18-12(4-5-17-18)9-6-10(15)8-11(16)7-9/h5-8,12H,4H2,1-3H3. The van der Waals surface area contributed by atoms with Gasteiger partial charge in [-0.3, -0.25) is 4.79 Å². The van der Waals surface area contributed by atoms with Crippen molar-refractivity contribution in [3.63, 3.8) is 0 Å². The van der Waals surface area contributed by atoms with E-state index < -0.39 is 23.1 Å². The molecule has 2 rings (SSSR count). The maximum atomic E-state index is 13.3. The number of nitrogens with zero attached hydrogens (tertiary/aromatic N) is 2. The Kier molecular flexibility index (Phi) is 3.39. The van der Waals surface area contributed by atoms with Crippen LogP contribution in [0.4, 0.5) is 8.78 Å². The SMILES string of the molecule is CC(C)(C)C(=O)N1N=CCC1c1cc(F)cc(F)c1. The van der Waals surface area contributed by atoms with Gasteiger partial charge in [0, 0.05) is 24.1 Å². The van der Waals surface area contributed by atoms with Crippen LogP contribution in [0.25, 0.3) is 0 Å². The summed E-state index contributed by atoms with van der Waals surface area (Å²) in [7, 11) is 0. The van der Waals surface area contributed by atoms with Crippen molar-refractivity contribution in [2.45, 2.75) is 33.2 Å². The van der Waals surface area contributed by atoms with Crippen molar-refractivity contribution in [1.82, 2.24) is 5.01 Å². The molecule has 102 valence electrons. The second kappa shape index (κ2) is 4.72. The van der Waals surface area contributed by atoms with Gasteiger partial charge in [0.25, 0.3) is 0 Å². The lowest BCUT2D eigenvalue weighted by molar-refractivity contribution is -0.141. The molecule has 0 aliphatic carbocycles. The van der Waals surface area contributed by atoms with Gasteiger partial charge >= 0.3 is 0 Å². The fourth-order valence-corrected chi connectivity index (χ4v) is 2.00. The average molecular weight is 266 g/mol. The van der Waals surface area contributed by atoms with Gasteiger partial charge in [-0.15, -0.1) is 0 Å². The Balaban J connectivity index is 2.32. The van der Waals surface area contributed by atoms with Gasteiger partial charge in [-0.25, -0.2) is 13.8 Å². The fourth-order valence-electron chi connectivity index (χ4n) is 2.00. The van der Waals surface area contributed by atoms with Crippen molar-refractivity contribution >= 4 is 12.1 Å². The van der Waals surface area contributed by atoms with Crippen LogP contribution in [0.3, 0.4) is 0 Å². The molecular formula is C14H16F2N2O. The maximum absolute atomic E-state index is 13.3. The number of hydrogen-bond donors (Lipinski definition) is 0. The summed E-state index contributed by atoms with van der Waals surface area (Å²) in [5, 5.41) is 5.35. The van der Waals surface area contributed by atoms with Crippen molar-refractivity contribution in [2.24, 2.45) is 10.5 Å². The molecule has 1 aromatic rings. The molecule has 0 saturated heterocycles. The van der Waals surface area contributed by atoms with Crippen LogP contribution in [-0.4, -0.2) is 17.1 Å². The zero-order valence-corrected chi connectivity index (χ0v) is 11.2. The first kappa shape index (κ1) is 13.6. The molecular weight excluding hydrogens is 250 g/mol. The zero-order chi connectivity index (χ0) is 14.2. The molecule has 0 aromatic heterocycles. The number of carbonyl (C=O) groups excluding carboxylic acids is 1. The van der Waals surface area contributed by atoms with Crippen molar-refractivity contribution in [2.75, 3.05) is 0 Å². The minimum absolute atomic E-state index is 0.170. The van der Waals surface area contributed by atoms with Crippen molar-refractivity contribution < 1.29 is 13.6 Å². The first-order chi connectivity index (χ1) is 8.79. The average Bonchev–Trinajstić information content (AvgIpc) is 2.73. The molecule has 1 heterocycles. The quantitative estimate of drug-likeness (QED) is 0.767. The molecule has 1 aromatic carbocycles. The summed E-state index contributed by atoms with van der Waals surface area (Å²) in [6.45, 7) is 5.35. The minimum Gasteiger partial charge on any atom is -0.272 e. The number of hydrogen-bond acceptors (Lipinski definition) is 2. The third kappa shape index (κ3) is 2.80. The lowest BCUT2D eigenvalue weighted by Crippen LogP contribution is -2.36. The highest BCUT2D eigenvalue weighted by Gasteiger charge is 2.35. The summed E-state index contributed by atoms with van der Waals surface area (Å²) in [5.41, 5.74) is -0.168. The molecule has 19 heavy (non-hydrogen) atoms. The van der Waals surface area contributed by atoms with Crippen molar-refractivity contribution in [3.05, 3.63) is 35.4 Å². The molecule has 0 saturated carbocycles. The Hall–Kier alpha value is -1.78. The predicted molar refractivity (Wildman–Crippen MR) is 68.5 cm³/mol. The normalized spacial score (nSPS) is 19.0. The van der Waals surface area contributed by atoms with Gasteiger partial charge in [-0.2, -0.15) is 5.10 Å². The van der Waals surface area contributed by atoms with E-state index in [1.807, 2.05) is 0 Å². The van der Waals surface area contributed by atoms with E-state index in [1.54, 1.807) is 27.0 Å². The Morgan fingerprint density at radius 1 is 1.26 bits per heavy atom. The number of amides is 1. The molecule has 5 heteroatoms. The predicted octanol–water partition coefficient (Wildman–Crippen LogP) is 3.27.